The summed E-state index contributed by atoms with van der Waals surface area (Å²) in [6.07, 6.45) is 0. The maximum atomic E-state index is 2.18. The lowest BCUT2D eigenvalue weighted by Crippen LogP contribution is -2.17. The minimum absolute atomic E-state index is 0.467. The lowest BCUT2D eigenvalue weighted by molar-refractivity contribution is 1.19. The van der Waals surface area contributed by atoms with Gasteiger partial charge in [0.05, 0.1) is 4.24 Å². The molecule has 3 saturated heterocycles. The van der Waals surface area contributed by atoms with Gasteiger partial charge in [-0.05, 0) is 0 Å². The summed E-state index contributed by atoms with van der Waals surface area (Å²) in [4.78, 5) is 1.70. The average molecular weight is 299 g/mol. The van der Waals surface area contributed by atoms with Crippen LogP contribution < -0.4 is 0 Å². The maximum Gasteiger partial charge on any atom is 0.104 e. The van der Waals surface area contributed by atoms with Crippen LogP contribution >= 0.6 is 68.6 Å². The minimum Gasteiger partial charge on any atom is -0.137 e. The first kappa shape index (κ1) is 11.0. The van der Waals surface area contributed by atoms with Crippen molar-refractivity contribution in [1.82, 2.24) is 0 Å². The molecule has 0 aromatic carbocycles. The van der Waals surface area contributed by atoms with Crippen molar-refractivity contribution >= 4 is 68.6 Å². The van der Waals surface area contributed by atoms with E-state index in [1.54, 1.807) is 9.14 Å². The van der Waals surface area contributed by atoms with E-state index in [-0.39, 0.29) is 0 Å². The summed E-state index contributed by atoms with van der Waals surface area (Å²) in [5.74, 6) is 6.64. The molecule has 3 heterocycles. The molecule has 3 fully saturated rings. The normalized spacial score (nSPS) is 30.9. The molecule has 0 bridgehead atoms. The smallest absolute Gasteiger partial charge is 0.104 e. The van der Waals surface area contributed by atoms with Crippen molar-refractivity contribution in [2.75, 3.05) is 28.8 Å². The molecule has 0 aromatic rings. The quantitative estimate of drug-likeness (QED) is 0.610. The van der Waals surface area contributed by atoms with Gasteiger partial charge in [-0.25, -0.2) is 0 Å². The molecule has 0 nitrogen and oxygen atoms in total. The van der Waals surface area contributed by atoms with Crippen LogP contribution in [0.4, 0.5) is 0 Å². The molecule has 3 aliphatic rings. The molecule has 3 aliphatic heterocycles. The lowest BCUT2D eigenvalue weighted by atomic mass is 10.4. The number of rotatable bonds is 0. The van der Waals surface area contributed by atoms with Crippen LogP contribution in [0.3, 0.4) is 0 Å². The third-order valence-electron chi connectivity index (χ3n) is 2.23. The van der Waals surface area contributed by atoms with Crippen molar-refractivity contribution in [2.45, 2.75) is 4.08 Å². The Morgan fingerprint density at radius 1 is 0.929 bits per heavy atom. The molecule has 6 heteroatoms. The van der Waals surface area contributed by atoms with E-state index in [2.05, 4.69) is 57.8 Å². The largest absolute Gasteiger partial charge is 0.137 e. The summed E-state index contributed by atoms with van der Waals surface area (Å²) < 4.78 is 2.11. The Labute approximate surface area is 110 Å². The second-order valence-electron chi connectivity index (χ2n) is 3.11. The predicted molar refractivity (Wildman–Crippen MR) is 79.6 cm³/mol. The van der Waals surface area contributed by atoms with Gasteiger partial charge in [0.15, 0.2) is 0 Å². The fourth-order valence-electron chi connectivity index (χ4n) is 1.60. The van der Waals surface area contributed by atoms with Crippen molar-refractivity contribution < 1.29 is 0 Å². The second kappa shape index (κ2) is 4.61. The van der Waals surface area contributed by atoms with Crippen molar-refractivity contribution in [3.05, 3.63) is 9.14 Å². The van der Waals surface area contributed by atoms with E-state index in [4.69, 9.17) is 0 Å². The standard InChI is InChI=1S/C8H10S6/c1-2-10-7(9-1)6-8(5-13-14-6)11-3-4-12-8/h1-5H2. The van der Waals surface area contributed by atoms with Crippen molar-refractivity contribution in [3.8, 4) is 0 Å². The van der Waals surface area contributed by atoms with Gasteiger partial charge in [-0.1, -0.05) is 21.6 Å². The van der Waals surface area contributed by atoms with Gasteiger partial charge in [-0.2, -0.15) is 0 Å². The summed E-state index contributed by atoms with van der Waals surface area (Å²) in [7, 11) is 4.10. The van der Waals surface area contributed by atoms with Crippen LogP contribution in [-0.2, 0) is 0 Å². The zero-order chi connectivity index (χ0) is 9.43. The SMILES string of the molecule is C1CSC(=C2SSCC23SCCS3)S1. The third-order valence-corrected chi connectivity index (χ3v) is 11.8. The molecule has 0 N–H and O–H groups in total. The molecular weight excluding hydrogens is 288 g/mol. The minimum atomic E-state index is 0.467. The van der Waals surface area contributed by atoms with Gasteiger partial charge < -0.3 is 0 Å². The van der Waals surface area contributed by atoms with E-state index < -0.39 is 0 Å². The second-order valence-corrected chi connectivity index (χ2v) is 10.9. The average Bonchev–Trinajstić information content (AvgIpc) is 2.91. The highest BCUT2D eigenvalue weighted by Crippen LogP contribution is 2.65. The zero-order valence-electron chi connectivity index (χ0n) is 7.49. The van der Waals surface area contributed by atoms with Gasteiger partial charge in [-0.15, -0.1) is 47.0 Å². The maximum absolute atomic E-state index is 2.18. The van der Waals surface area contributed by atoms with E-state index in [0.717, 1.165) is 0 Å². The van der Waals surface area contributed by atoms with Crippen LogP contribution in [0.25, 0.3) is 0 Å². The first-order valence-electron chi connectivity index (χ1n) is 4.48. The van der Waals surface area contributed by atoms with Crippen molar-refractivity contribution in [2.24, 2.45) is 0 Å². The monoisotopic (exact) mass is 298 g/mol. The molecule has 14 heavy (non-hydrogen) atoms. The molecule has 0 aliphatic carbocycles. The Hall–Kier alpha value is 1.84. The van der Waals surface area contributed by atoms with Gasteiger partial charge in [0.1, 0.15) is 4.08 Å². The van der Waals surface area contributed by atoms with Crippen LogP contribution in [0.1, 0.15) is 0 Å². The Morgan fingerprint density at radius 3 is 2.36 bits per heavy atom. The van der Waals surface area contributed by atoms with Gasteiger partial charge in [0, 0.05) is 33.7 Å². The number of hydrogen-bond donors (Lipinski definition) is 0. The summed E-state index contributed by atoms with van der Waals surface area (Å²) in [5.41, 5.74) is 0. The lowest BCUT2D eigenvalue weighted by Gasteiger charge is -2.21. The van der Waals surface area contributed by atoms with Crippen molar-refractivity contribution in [1.29, 1.82) is 0 Å². The van der Waals surface area contributed by atoms with E-state index in [0.29, 0.717) is 4.08 Å². The van der Waals surface area contributed by atoms with Crippen LogP contribution in [0.2, 0.25) is 0 Å². The van der Waals surface area contributed by atoms with Gasteiger partial charge in [0.2, 0.25) is 0 Å². The molecule has 78 valence electrons. The topological polar surface area (TPSA) is 0 Å². The Bertz CT molecular complexity index is 253. The zero-order valence-corrected chi connectivity index (χ0v) is 12.4. The summed E-state index contributed by atoms with van der Waals surface area (Å²) in [5, 5.41) is 0. The molecule has 0 atom stereocenters. The summed E-state index contributed by atoms with van der Waals surface area (Å²) in [6.45, 7) is 0. The third kappa shape index (κ3) is 1.88. The van der Waals surface area contributed by atoms with Gasteiger partial charge in [0.25, 0.3) is 0 Å². The van der Waals surface area contributed by atoms with Gasteiger partial charge in [-0.3, -0.25) is 0 Å². The Morgan fingerprint density at radius 2 is 1.64 bits per heavy atom. The first-order chi connectivity index (χ1) is 6.91. The molecule has 3 rings (SSSR count). The summed E-state index contributed by atoms with van der Waals surface area (Å²) in [6, 6.07) is 0. The van der Waals surface area contributed by atoms with Crippen molar-refractivity contribution in [3.63, 3.8) is 0 Å². The highest BCUT2D eigenvalue weighted by molar-refractivity contribution is 8.79. The van der Waals surface area contributed by atoms with Crippen LogP contribution in [0, 0.1) is 0 Å². The Balaban J connectivity index is 1.93. The number of thioether (sulfide) groups is 4. The molecule has 0 radical (unpaired) electrons. The van der Waals surface area contributed by atoms with Crippen LogP contribution in [0.15, 0.2) is 9.14 Å². The summed E-state index contributed by atoms with van der Waals surface area (Å²) >= 11 is 8.53. The molecule has 0 saturated carbocycles. The highest BCUT2D eigenvalue weighted by Gasteiger charge is 2.46. The van der Waals surface area contributed by atoms with E-state index in [1.807, 2.05) is 10.8 Å². The molecule has 0 amide bonds. The fraction of sp³-hybridized carbons (Fsp3) is 0.750. The van der Waals surface area contributed by atoms with E-state index in [9.17, 15) is 0 Å². The Kier molecular flexibility index (Phi) is 3.61. The molecule has 1 spiro atoms. The molecule has 0 aromatic heterocycles. The molecular formula is C8H10S6. The van der Waals surface area contributed by atoms with E-state index in [1.165, 1.54) is 28.8 Å². The van der Waals surface area contributed by atoms with Gasteiger partial charge >= 0.3 is 0 Å². The van der Waals surface area contributed by atoms with E-state index >= 15 is 0 Å². The van der Waals surface area contributed by atoms with Crippen LogP contribution in [0.5, 0.6) is 0 Å². The van der Waals surface area contributed by atoms with Crippen LogP contribution in [-0.4, -0.2) is 32.8 Å². The fourth-order valence-corrected chi connectivity index (χ4v) is 12.8. The highest BCUT2D eigenvalue weighted by atomic mass is 33.1. The predicted octanol–water partition coefficient (Wildman–Crippen LogP) is 4.21. The molecule has 0 unspecified atom stereocenters. The first-order valence-corrected chi connectivity index (χ1v) is 10.7. The number of hydrogen-bond acceptors (Lipinski definition) is 6.